The first-order valence-electron chi connectivity index (χ1n) is 14.2. The van der Waals surface area contributed by atoms with Crippen molar-refractivity contribution in [2.24, 2.45) is 5.41 Å². The van der Waals surface area contributed by atoms with Crippen LogP contribution in [0.3, 0.4) is 0 Å². The Kier molecular flexibility index (Phi) is 6.83. The number of anilines is 1. The van der Waals surface area contributed by atoms with Gasteiger partial charge in [0.15, 0.2) is 5.78 Å². The van der Waals surface area contributed by atoms with Gasteiger partial charge in [-0.25, -0.2) is 0 Å². The van der Waals surface area contributed by atoms with Crippen LogP contribution in [0.1, 0.15) is 72.1 Å². The first-order chi connectivity index (χ1) is 18.5. The molecule has 2 aliphatic heterocycles. The van der Waals surface area contributed by atoms with Gasteiger partial charge in [0.2, 0.25) is 0 Å². The molecule has 4 aliphatic rings. The molecular weight excluding hydrogens is 476 g/mol. The number of nitrogens with one attached hydrogen (secondary N) is 1. The highest BCUT2D eigenvalue weighted by molar-refractivity contribution is 6.02. The van der Waals surface area contributed by atoms with Crippen LogP contribution in [0.4, 0.5) is 5.82 Å². The lowest BCUT2D eigenvalue weighted by molar-refractivity contribution is 0.0698. The number of carbonyl (C=O) groups excluding carboxylic acids is 1. The molecule has 1 spiro atoms. The minimum Gasteiger partial charge on any atom is -0.462 e. The van der Waals surface area contributed by atoms with Gasteiger partial charge in [-0.2, -0.15) is 15.2 Å². The second-order valence-electron chi connectivity index (χ2n) is 11.8. The third-order valence-electron chi connectivity index (χ3n) is 9.30. The summed E-state index contributed by atoms with van der Waals surface area (Å²) in [5.74, 6) is 1.30. The van der Waals surface area contributed by atoms with E-state index < -0.39 is 5.41 Å². The average Bonchev–Trinajstić information content (AvgIpc) is 3.34. The fourth-order valence-electron chi connectivity index (χ4n) is 7.22. The van der Waals surface area contributed by atoms with Crippen molar-refractivity contribution in [1.82, 2.24) is 20.2 Å². The Morgan fingerprint density at radius 1 is 1.26 bits per heavy atom. The molecule has 0 amide bonds. The second kappa shape index (κ2) is 10.3. The van der Waals surface area contributed by atoms with Crippen LogP contribution in [0.5, 0.6) is 6.01 Å². The van der Waals surface area contributed by atoms with Crippen molar-refractivity contribution in [3.63, 3.8) is 0 Å². The molecule has 200 valence electrons. The Hall–Kier alpha value is -3.02. The molecule has 2 aromatic rings. The molecule has 8 heteroatoms. The monoisotopic (exact) mass is 514 g/mol. The number of likely N-dealkylation sites (tertiary alicyclic amines) is 1. The van der Waals surface area contributed by atoms with Gasteiger partial charge in [0.1, 0.15) is 18.1 Å². The highest BCUT2D eigenvalue weighted by Crippen LogP contribution is 2.50. The van der Waals surface area contributed by atoms with Crippen LogP contribution in [0.2, 0.25) is 0 Å². The molecule has 1 aromatic carbocycles. The van der Waals surface area contributed by atoms with E-state index >= 15 is 0 Å². The molecule has 0 saturated carbocycles. The van der Waals surface area contributed by atoms with Crippen molar-refractivity contribution in [1.29, 1.82) is 5.26 Å². The molecule has 2 saturated heterocycles. The van der Waals surface area contributed by atoms with E-state index in [0.717, 1.165) is 63.1 Å². The summed E-state index contributed by atoms with van der Waals surface area (Å²) in [7, 11) is 2.13. The molecule has 3 heterocycles. The quantitative estimate of drug-likeness (QED) is 0.648. The Morgan fingerprint density at radius 2 is 2.13 bits per heavy atom. The standard InChI is InChI=1S/C30H38N6O2/c1-20-16-30(17-21-6-3-4-8-24(20)21)11-9-25-26(27(30)37)33-29(38-19-23-7-5-14-35(23)2)34-28(25)36-15-13-32-22(18-36)10-12-31/h3-4,6,8,20,22-23,32H,5,7,9-11,13-19H2,1-2H3/t20?,22-,23-,30+/m0/s1. The van der Waals surface area contributed by atoms with Crippen molar-refractivity contribution < 1.29 is 9.53 Å². The van der Waals surface area contributed by atoms with Crippen LogP contribution >= 0.6 is 0 Å². The second-order valence-corrected chi connectivity index (χ2v) is 11.8. The molecule has 2 aliphatic carbocycles. The number of hydrogen-bond acceptors (Lipinski definition) is 8. The van der Waals surface area contributed by atoms with E-state index in [2.05, 4.69) is 59.4 Å². The molecule has 1 N–H and O–H groups in total. The Bertz CT molecular complexity index is 1260. The summed E-state index contributed by atoms with van der Waals surface area (Å²) in [6, 6.07) is 11.6. The largest absolute Gasteiger partial charge is 0.462 e. The number of ether oxygens (including phenoxy) is 1. The molecule has 0 radical (unpaired) electrons. The predicted molar refractivity (Wildman–Crippen MR) is 146 cm³/mol. The first kappa shape index (κ1) is 25.3. The number of aromatic nitrogens is 2. The van der Waals surface area contributed by atoms with Gasteiger partial charge in [0.25, 0.3) is 0 Å². The van der Waals surface area contributed by atoms with Gasteiger partial charge < -0.3 is 19.9 Å². The number of Topliss-reactive ketones (excluding diaryl/α,β-unsaturated/α-hetero) is 1. The van der Waals surface area contributed by atoms with Gasteiger partial charge in [-0.15, -0.1) is 0 Å². The van der Waals surface area contributed by atoms with E-state index in [9.17, 15) is 10.1 Å². The lowest BCUT2D eigenvalue weighted by Gasteiger charge is -2.43. The molecule has 1 aromatic heterocycles. The Balaban J connectivity index is 1.35. The molecular formula is C30H38N6O2. The molecule has 1 unspecified atom stereocenters. The predicted octanol–water partition coefficient (Wildman–Crippen LogP) is 3.51. The number of carbonyl (C=O) groups is 1. The maximum atomic E-state index is 14.4. The summed E-state index contributed by atoms with van der Waals surface area (Å²) in [5, 5.41) is 12.7. The lowest BCUT2D eigenvalue weighted by atomic mass is 9.60. The fraction of sp³-hybridized carbons (Fsp3) is 0.600. The smallest absolute Gasteiger partial charge is 0.319 e. The number of piperazine rings is 1. The SMILES string of the molecule is CC1C[C@]2(CCc3c(nc(OC[C@@H]4CCCN4C)nc3N3CCN[C@@H](CC#N)C3)C2=O)Cc2ccccc21. The van der Waals surface area contributed by atoms with Crippen molar-refractivity contribution in [3.05, 3.63) is 46.6 Å². The lowest BCUT2D eigenvalue weighted by Crippen LogP contribution is -2.51. The summed E-state index contributed by atoms with van der Waals surface area (Å²) < 4.78 is 6.22. The van der Waals surface area contributed by atoms with Gasteiger partial charge in [-0.1, -0.05) is 31.2 Å². The summed E-state index contributed by atoms with van der Waals surface area (Å²) >= 11 is 0. The molecule has 8 nitrogen and oxygen atoms in total. The van der Waals surface area contributed by atoms with E-state index in [0.29, 0.717) is 43.2 Å². The molecule has 6 rings (SSSR count). The van der Waals surface area contributed by atoms with Crippen molar-refractivity contribution in [3.8, 4) is 12.1 Å². The number of benzene rings is 1. The van der Waals surface area contributed by atoms with E-state index in [1.807, 2.05) is 0 Å². The zero-order valence-corrected chi connectivity index (χ0v) is 22.6. The number of nitriles is 1. The normalized spacial score (nSPS) is 29.1. The maximum absolute atomic E-state index is 14.4. The van der Waals surface area contributed by atoms with Crippen LogP contribution in [0, 0.1) is 16.7 Å². The van der Waals surface area contributed by atoms with Crippen LogP contribution < -0.4 is 15.0 Å². The third kappa shape index (κ3) is 4.56. The summed E-state index contributed by atoms with van der Waals surface area (Å²) in [6.45, 7) is 6.09. The van der Waals surface area contributed by atoms with Crippen LogP contribution in [0.15, 0.2) is 24.3 Å². The third-order valence-corrected chi connectivity index (χ3v) is 9.30. The zero-order valence-electron chi connectivity index (χ0n) is 22.6. The van der Waals surface area contributed by atoms with E-state index in [1.54, 1.807) is 0 Å². The van der Waals surface area contributed by atoms with Crippen molar-refractivity contribution in [2.45, 2.75) is 69.9 Å². The van der Waals surface area contributed by atoms with E-state index in [1.165, 1.54) is 17.5 Å². The number of nitrogens with zero attached hydrogens (tertiary/aromatic N) is 5. The minimum atomic E-state index is -0.428. The van der Waals surface area contributed by atoms with E-state index in [-0.39, 0.29) is 11.8 Å². The molecule has 2 fully saturated rings. The van der Waals surface area contributed by atoms with Crippen LogP contribution in [-0.4, -0.2) is 72.6 Å². The topological polar surface area (TPSA) is 94.4 Å². The average molecular weight is 515 g/mol. The number of ketones is 1. The number of rotatable bonds is 5. The van der Waals surface area contributed by atoms with Gasteiger partial charge in [-0.05, 0) is 69.2 Å². The summed E-state index contributed by atoms with van der Waals surface area (Å²) in [4.78, 5) is 28.7. The molecule has 4 atom stereocenters. The Morgan fingerprint density at radius 3 is 2.95 bits per heavy atom. The number of fused-ring (bicyclic) bond motifs is 2. The molecule has 38 heavy (non-hydrogen) atoms. The highest BCUT2D eigenvalue weighted by atomic mass is 16.5. The van der Waals surface area contributed by atoms with Crippen molar-refractivity contribution in [2.75, 3.05) is 44.7 Å². The van der Waals surface area contributed by atoms with E-state index in [4.69, 9.17) is 14.7 Å². The number of hydrogen-bond donors (Lipinski definition) is 1. The fourth-order valence-corrected chi connectivity index (χ4v) is 7.22. The van der Waals surface area contributed by atoms with Gasteiger partial charge in [0.05, 0.1) is 12.5 Å². The maximum Gasteiger partial charge on any atom is 0.319 e. The van der Waals surface area contributed by atoms with Gasteiger partial charge in [0, 0.05) is 42.7 Å². The minimum absolute atomic E-state index is 0.0807. The number of likely N-dealkylation sites (N-methyl/N-ethyl adjacent to an activating group) is 1. The van der Waals surface area contributed by atoms with Crippen molar-refractivity contribution >= 4 is 11.6 Å². The Labute approximate surface area is 225 Å². The zero-order chi connectivity index (χ0) is 26.3. The molecule has 0 bridgehead atoms. The van der Waals surface area contributed by atoms with Crippen LogP contribution in [0.25, 0.3) is 0 Å². The highest BCUT2D eigenvalue weighted by Gasteiger charge is 2.48. The first-order valence-corrected chi connectivity index (χ1v) is 14.2. The summed E-state index contributed by atoms with van der Waals surface area (Å²) in [6.07, 6.45) is 5.93. The van der Waals surface area contributed by atoms with Crippen LogP contribution in [-0.2, 0) is 12.8 Å². The van der Waals surface area contributed by atoms with Gasteiger partial charge >= 0.3 is 6.01 Å². The summed E-state index contributed by atoms with van der Waals surface area (Å²) in [5.41, 5.74) is 3.74. The van der Waals surface area contributed by atoms with Gasteiger partial charge in [-0.3, -0.25) is 4.79 Å².